The fourth-order valence-electron chi connectivity index (χ4n) is 8.82. The molecule has 0 spiro atoms. The second-order valence-corrected chi connectivity index (χ2v) is 13.1. The topological polar surface area (TPSA) is 166 Å². The quantitative estimate of drug-likeness (QED) is 0.277. The number of hydrogen-bond acceptors (Lipinski definition) is 8. The molecule has 10 nitrogen and oxygen atoms in total. The number of carbonyl (C=O) groups is 3. The average Bonchev–Trinajstić information content (AvgIpc) is 3.23. The van der Waals surface area contributed by atoms with Gasteiger partial charge >= 0.3 is 5.97 Å². The van der Waals surface area contributed by atoms with Gasteiger partial charge in [0.2, 0.25) is 0 Å². The molecule has 1 aromatic carbocycles. The predicted octanol–water partition coefficient (Wildman–Crippen LogP) is 2.40. The first-order chi connectivity index (χ1) is 19.9. The Morgan fingerprint density at radius 2 is 1.86 bits per heavy atom. The fraction of sp³-hybridized carbons (Fsp3) is 0.625. The number of aliphatic hydroxyl groups excluding tert-OH is 2. The summed E-state index contributed by atoms with van der Waals surface area (Å²) in [4.78, 5) is 42.0. The van der Waals surface area contributed by atoms with Gasteiger partial charge in [0, 0.05) is 11.8 Å². The predicted molar refractivity (Wildman–Crippen MR) is 153 cm³/mol. The van der Waals surface area contributed by atoms with Crippen LogP contribution >= 0.6 is 0 Å². The Balaban J connectivity index is 1.23. The molecule has 1 amide bonds. The van der Waals surface area contributed by atoms with Gasteiger partial charge in [-0.2, -0.15) is 0 Å². The van der Waals surface area contributed by atoms with Crippen LogP contribution in [-0.2, 0) is 25.6 Å². The molecule has 0 aromatic heterocycles. The van der Waals surface area contributed by atoms with Crippen LogP contribution in [0, 0.1) is 28.6 Å². The molecule has 0 bridgehead atoms. The molecule has 228 valence electrons. The number of oxime groups is 1. The number of rotatable bonds is 9. The lowest BCUT2D eigenvalue weighted by Gasteiger charge is -2.60. The summed E-state index contributed by atoms with van der Waals surface area (Å²) in [7, 11) is 0. The minimum Gasteiger partial charge on any atom is -0.480 e. The third-order valence-electron chi connectivity index (χ3n) is 11.0. The van der Waals surface area contributed by atoms with Crippen LogP contribution in [0.15, 0.2) is 47.1 Å². The van der Waals surface area contributed by atoms with E-state index >= 15 is 0 Å². The summed E-state index contributed by atoms with van der Waals surface area (Å²) in [6.07, 6.45) is 5.74. The molecule has 0 radical (unpaired) electrons. The van der Waals surface area contributed by atoms with E-state index in [1.807, 2.05) is 31.2 Å². The van der Waals surface area contributed by atoms with Crippen LogP contribution in [0.4, 0.5) is 0 Å². The van der Waals surface area contributed by atoms with Crippen LogP contribution in [-0.4, -0.2) is 74.8 Å². The Labute approximate surface area is 245 Å². The normalized spacial score (nSPS) is 37.1. The van der Waals surface area contributed by atoms with Gasteiger partial charge in [-0.25, -0.2) is 4.79 Å². The maximum atomic E-state index is 12.6. The Bertz CT molecular complexity index is 1280. The van der Waals surface area contributed by atoms with Crippen molar-refractivity contribution in [2.24, 2.45) is 33.7 Å². The first-order valence-electron chi connectivity index (χ1n) is 14.9. The van der Waals surface area contributed by atoms with Gasteiger partial charge in [0.25, 0.3) is 5.91 Å². The highest BCUT2D eigenvalue weighted by atomic mass is 16.6. The molecular formula is C32H42N2O8. The monoisotopic (exact) mass is 582 g/mol. The number of benzene rings is 1. The number of carboxylic acids is 1. The number of carboxylic acid groups (broad SMARTS) is 1. The van der Waals surface area contributed by atoms with Crippen LogP contribution in [0.2, 0.25) is 0 Å². The number of allylic oxidation sites excluding steroid dienone is 2. The minimum absolute atomic E-state index is 0.0204. The maximum absolute atomic E-state index is 12.6. The first kappa shape index (κ1) is 30.4. The number of fused-ring (bicyclic) bond motifs is 5. The zero-order valence-corrected chi connectivity index (χ0v) is 24.3. The summed E-state index contributed by atoms with van der Waals surface area (Å²) < 4.78 is 0. The zero-order chi connectivity index (χ0) is 30.3. The lowest BCUT2D eigenvalue weighted by atomic mass is 9.45. The molecule has 5 N–H and O–H groups in total. The summed E-state index contributed by atoms with van der Waals surface area (Å²) in [6.45, 7) is 2.99. The van der Waals surface area contributed by atoms with Crippen molar-refractivity contribution in [3.63, 3.8) is 0 Å². The number of Topliss-reactive ketones (excluding diaryl/α,β-unsaturated/α-hetero) is 1. The molecule has 0 heterocycles. The summed E-state index contributed by atoms with van der Waals surface area (Å²) in [5.41, 5.74) is 0.0184. The number of aliphatic hydroxyl groups is 3. The average molecular weight is 583 g/mol. The van der Waals surface area contributed by atoms with Gasteiger partial charge in [0.05, 0.1) is 11.8 Å². The smallest absolute Gasteiger partial charge is 0.326 e. The molecule has 4 aliphatic rings. The molecular weight excluding hydrogens is 540 g/mol. The molecule has 42 heavy (non-hydrogen) atoms. The lowest BCUT2D eigenvalue weighted by Crippen LogP contribution is -2.62. The second kappa shape index (κ2) is 11.5. The number of nitrogens with zero attached hydrogens (tertiary/aromatic N) is 1. The van der Waals surface area contributed by atoms with Crippen LogP contribution in [0.1, 0.15) is 64.4 Å². The standard InChI is InChI=1S/C32H42N2O8/c1-30-12-10-21(34-42-18-27(38)33-24(29(39)40)14-19-6-4-3-5-7-19)15-20(30)8-9-22-23-11-13-32(41,26(37)17-35)31(23,2)16-25(36)28(22)30/h3-7,15,22-25,28,35-36,41H,8-14,16-18H2,1-2H3,(H,33,38)(H,39,40)/b34-21-/t22-,23-,24+,25+,28+,30-,31-,32-/m0/s1. The molecule has 0 saturated heterocycles. The van der Waals surface area contributed by atoms with E-state index in [-0.39, 0.29) is 29.6 Å². The highest BCUT2D eigenvalue weighted by molar-refractivity contribution is 5.96. The lowest BCUT2D eigenvalue weighted by molar-refractivity contribution is -0.181. The summed E-state index contributed by atoms with van der Waals surface area (Å²) in [5, 5.41) is 48.7. The number of nitrogens with one attached hydrogen (secondary N) is 1. The van der Waals surface area contributed by atoms with Gasteiger partial charge in [0.1, 0.15) is 18.2 Å². The fourth-order valence-corrected chi connectivity index (χ4v) is 8.82. The second-order valence-electron chi connectivity index (χ2n) is 13.1. The van der Waals surface area contributed by atoms with E-state index in [1.54, 1.807) is 12.1 Å². The Kier molecular flexibility index (Phi) is 8.35. The Morgan fingerprint density at radius 1 is 1.12 bits per heavy atom. The van der Waals surface area contributed by atoms with Gasteiger partial charge in [-0.05, 0) is 79.8 Å². The van der Waals surface area contributed by atoms with Gasteiger partial charge in [0.15, 0.2) is 12.4 Å². The Morgan fingerprint density at radius 3 is 2.55 bits per heavy atom. The van der Waals surface area contributed by atoms with Gasteiger partial charge in [-0.1, -0.05) is 54.9 Å². The van der Waals surface area contributed by atoms with E-state index in [0.717, 1.165) is 24.8 Å². The number of carbonyl (C=O) groups excluding carboxylic acids is 2. The molecule has 8 atom stereocenters. The van der Waals surface area contributed by atoms with Crippen molar-refractivity contribution < 1.29 is 39.6 Å². The van der Waals surface area contributed by atoms with Gasteiger partial charge in [-0.15, -0.1) is 0 Å². The highest BCUT2D eigenvalue weighted by Crippen LogP contribution is 2.67. The molecule has 0 unspecified atom stereocenters. The maximum Gasteiger partial charge on any atom is 0.326 e. The SMILES string of the molecule is C[C@]12CC/C(=N/OCC(=O)N[C@H](Cc3ccccc3)C(=O)O)C=C1CC[C@@H]1[C@@H]2[C@H](O)C[C@@]2(C)[C@H]1CC[C@]2(O)C(=O)CO. The van der Waals surface area contributed by atoms with Crippen molar-refractivity contribution in [1.82, 2.24) is 5.32 Å². The van der Waals surface area contributed by atoms with Gasteiger partial charge in [-0.3, -0.25) is 9.59 Å². The van der Waals surface area contributed by atoms with E-state index in [1.165, 1.54) is 5.57 Å². The largest absolute Gasteiger partial charge is 0.480 e. The van der Waals surface area contributed by atoms with E-state index < -0.39 is 54.0 Å². The van der Waals surface area contributed by atoms with Crippen molar-refractivity contribution in [3.8, 4) is 0 Å². The van der Waals surface area contributed by atoms with E-state index in [2.05, 4.69) is 17.4 Å². The molecule has 3 fully saturated rings. The molecule has 1 aromatic rings. The third-order valence-corrected chi connectivity index (χ3v) is 11.0. The highest BCUT2D eigenvalue weighted by Gasteiger charge is 2.68. The minimum atomic E-state index is -1.61. The van der Waals surface area contributed by atoms with Crippen LogP contribution < -0.4 is 5.32 Å². The number of hydrogen-bond donors (Lipinski definition) is 5. The van der Waals surface area contributed by atoms with Crippen molar-refractivity contribution in [3.05, 3.63) is 47.5 Å². The van der Waals surface area contributed by atoms with E-state index in [4.69, 9.17) is 4.84 Å². The molecule has 10 heteroatoms. The van der Waals surface area contributed by atoms with Crippen molar-refractivity contribution >= 4 is 23.4 Å². The number of amides is 1. The summed E-state index contributed by atoms with van der Waals surface area (Å²) >= 11 is 0. The first-order valence-corrected chi connectivity index (χ1v) is 14.9. The number of ketones is 1. The molecule has 3 saturated carbocycles. The zero-order valence-electron chi connectivity index (χ0n) is 24.3. The van der Waals surface area contributed by atoms with Gasteiger partial charge < -0.3 is 30.6 Å². The summed E-state index contributed by atoms with van der Waals surface area (Å²) in [6, 6.07) is 7.99. The molecule has 5 rings (SSSR count). The Hall–Kier alpha value is -3.08. The molecule has 0 aliphatic heterocycles. The van der Waals surface area contributed by atoms with Crippen LogP contribution in [0.3, 0.4) is 0 Å². The molecule has 4 aliphatic carbocycles. The third kappa shape index (κ3) is 5.18. The van der Waals surface area contributed by atoms with Crippen LogP contribution in [0.25, 0.3) is 0 Å². The number of aliphatic carboxylic acids is 1. The van der Waals surface area contributed by atoms with Crippen LogP contribution in [0.5, 0.6) is 0 Å². The summed E-state index contributed by atoms with van der Waals surface area (Å²) in [5.74, 6) is -2.04. The van der Waals surface area contributed by atoms with E-state index in [0.29, 0.717) is 31.4 Å². The van der Waals surface area contributed by atoms with Crippen molar-refractivity contribution in [2.75, 3.05) is 13.2 Å². The van der Waals surface area contributed by atoms with Crippen molar-refractivity contribution in [2.45, 2.75) is 83.0 Å². The van der Waals surface area contributed by atoms with Crippen molar-refractivity contribution in [1.29, 1.82) is 0 Å². The van der Waals surface area contributed by atoms with E-state index in [9.17, 15) is 34.8 Å².